The summed E-state index contributed by atoms with van der Waals surface area (Å²) >= 11 is 0. The van der Waals surface area contributed by atoms with Crippen molar-refractivity contribution >= 4 is 11.8 Å². The van der Waals surface area contributed by atoms with Crippen molar-refractivity contribution in [1.82, 2.24) is 15.5 Å². The molecule has 0 aromatic heterocycles. The van der Waals surface area contributed by atoms with Crippen LogP contribution in [0.3, 0.4) is 0 Å². The Kier molecular flexibility index (Phi) is 7.62. The topological polar surface area (TPSA) is 61.4 Å². The highest BCUT2D eigenvalue weighted by molar-refractivity contribution is 5.78. The lowest BCUT2D eigenvalue weighted by molar-refractivity contribution is -0.124. The minimum Gasteiger partial charge on any atom is -0.356 e. The van der Waals surface area contributed by atoms with E-state index in [0.29, 0.717) is 32.6 Å². The summed E-state index contributed by atoms with van der Waals surface area (Å²) in [5.74, 6) is 0.0242. The number of likely N-dealkylation sites (N-methyl/N-ethyl adjacent to an activating group) is 2. The molecule has 88 valence electrons. The van der Waals surface area contributed by atoms with Crippen molar-refractivity contribution < 1.29 is 9.59 Å². The van der Waals surface area contributed by atoms with Gasteiger partial charge >= 0.3 is 0 Å². The summed E-state index contributed by atoms with van der Waals surface area (Å²) in [5.41, 5.74) is 0. The lowest BCUT2D eigenvalue weighted by atomic mass is 10.3. The van der Waals surface area contributed by atoms with E-state index in [1.54, 1.807) is 0 Å². The number of nitrogens with one attached hydrogen (secondary N) is 2. The average molecular weight is 215 g/mol. The van der Waals surface area contributed by atoms with Crippen LogP contribution in [0, 0.1) is 0 Å². The van der Waals surface area contributed by atoms with Crippen molar-refractivity contribution in [2.75, 3.05) is 33.2 Å². The van der Waals surface area contributed by atoms with E-state index >= 15 is 0 Å². The summed E-state index contributed by atoms with van der Waals surface area (Å²) in [4.78, 5) is 24.1. The number of amides is 2. The van der Waals surface area contributed by atoms with E-state index in [1.807, 2.05) is 25.8 Å². The first-order chi connectivity index (χ1) is 7.10. The Morgan fingerprint density at radius 2 is 1.60 bits per heavy atom. The molecule has 0 unspecified atom stereocenters. The maximum absolute atomic E-state index is 11.2. The maximum Gasteiger partial charge on any atom is 0.234 e. The van der Waals surface area contributed by atoms with Gasteiger partial charge in [0, 0.05) is 26.1 Å². The van der Waals surface area contributed by atoms with Crippen LogP contribution >= 0.6 is 0 Å². The van der Waals surface area contributed by atoms with E-state index in [9.17, 15) is 9.59 Å². The monoisotopic (exact) mass is 215 g/mol. The molecule has 0 radical (unpaired) electrons. The molecule has 5 heteroatoms. The molecule has 2 amide bonds. The average Bonchev–Trinajstić information content (AvgIpc) is 2.15. The molecule has 0 aromatic carbocycles. The zero-order chi connectivity index (χ0) is 11.7. The van der Waals surface area contributed by atoms with Gasteiger partial charge in [0.25, 0.3) is 0 Å². The number of nitrogens with zero attached hydrogens (tertiary/aromatic N) is 1. The second kappa shape index (κ2) is 8.23. The molecule has 15 heavy (non-hydrogen) atoms. The van der Waals surface area contributed by atoms with Gasteiger partial charge in [-0.3, -0.25) is 14.5 Å². The van der Waals surface area contributed by atoms with E-state index in [-0.39, 0.29) is 11.8 Å². The second-order valence-electron chi connectivity index (χ2n) is 3.39. The Morgan fingerprint density at radius 3 is 2.13 bits per heavy atom. The number of hydrogen-bond donors (Lipinski definition) is 2. The number of hydrogen-bond acceptors (Lipinski definition) is 3. The van der Waals surface area contributed by atoms with Crippen molar-refractivity contribution in [3.63, 3.8) is 0 Å². The van der Waals surface area contributed by atoms with Crippen molar-refractivity contribution in [3.8, 4) is 0 Å². The summed E-state index contributed by atoms with van der Waals surface area (Å²) < 4.78 is 0. The Morgan fingerprint density at radius 1 is 1.07 bits per heavy atom. The van der Waals surface area contributed by atoms with Crippen molar-refractivity contribution in [1.29, 1.82) is 0 Å². The van der Waals surface area contributed by atoms with Crippen LogP contribution in [-0.2, 0) is 9.59 Å². The second-order valence-corrected chi connectivity index (χ2v) is 3.39. The minimum absolute atomic E-state index is 0.00380. The first kappa shape index (κ1) is 13.9. The summed E-state index contributed by atoms with van der Waals surface area (Å²) in [7, 11) is 1.83. The number of rotatable bonds is 7. The fraction of sp³-hybridized carbons (Fsp3) is 0.800. The largest absolute Gasteiger partial charge is 0.356 e. The maximum atomic E-state index is 11.2. The van der Waals surface area contributed by atoms with Crippen LogP contribution in [0.5, 0.6) is 0 Å². The van der Waals surface area contributed by atoms with Crippen molar-refractivity contribution in [3.05, 3.63) is 0 Å². The molecule has 0 aliphatic rings. The van der Waals surface area contributed by atoms with Crippen molar-refractivity contribution in [2.45, 2.75) is 20.3 Å². The highest BCUT2D eigenvalue weighted by atomic mass is 16.2. The van der Waals surface area contributed by atoms with Crippen LogP contribution in [0.15, 0.2) is 0 Å². The highest BCUT2D eigenvalue weighted by Gasteiger charge is 2.07. The fourth-order valence-electron chi connectivity index (χ4n) is 1.16. The molecule has 0 heterocycles. The highest BCUT2D eigenvalue weighted by Crippen LogP contribution is 1.87. The number of carbonyl (C=O) groups excluding carboxylic acids is 2. The van der Waals surface area contributed by atoms with Crippen LogP contribution in [0.1, 0.15) is 20.3 Å². The third-order valence-corrected chi connectivity index (χ3v) is 1.88. The quantitative estimate of drug-likeness (QED) is 0.606. The van der Waals surface area contributed by atoms with Gasteiger partial charge in [0.1, 0.15) is 0 Å². The predicted octanol–water partition coefficient (Wildman–Crippen LogP) is -0.419. The summed E-state index contributed by atoms with van der Waals surface area (Å²) in [6, 6.07) is 0. The predicted molar refractivity (Wildman–Crippen MR) is 59.5 cm³/mol. The van der Waals surface area contributed by atoms with Crippen LogP contribution in [0.4, 0.5) is 0 Å². The molecule has 0 saturated heterocycles. The Hall–Kier alpha value is -1.10. The smallest absolute Gasteiger partial charge is 0.234 e. The third kappa shape index (κ3) is 7.93. The summed E-state index contributed by atoms with van der Waals surface area (Å²) in [6.45, 7) is 6.00. The van der Waals surface area contributed by atoms with Crippen LogP contribution in [-0.4, -0.2) is 49.9 Å². The molecule has 0 bridgehead atoms. The van der Waals surface area contributed by atoms with Crippen LogP contribution < -0.4 is 10.6 Å². The van der Waals surface area contributed by atoms with Crippen LogP contribution in [0.2, 0.25) is 0 Å². The van der Waals surface area contributed by atoms with Gasteiger partial charge in [0.05, 0.1) is 6.54 Å². The molecule has 0 aliphatic carbocycles. The van der Waals surface area contributed by atoms with E-state index in [0.717, 1.165) is 0 Å². The Labute approximate surface area is 91.2 Å². The molecule has 0 saturated carbocycles. The van der Waals surface area contributed by atoms with E-state index in [2.05, 4.69) is 10.6 Å². The molecular weight excluding hydrogens is 194 g/mol. The molecule has 0 aliphatic heterocycles. The lowest BCUT2D eigenvalue weighted by Gasteiger charge is -2.15. The zero-order valence-electron chi connectivity index (χ0n) is 9.80. The zero-order valence-corrected chi connectivity index (χ0v) is 9.80. The molecular formula is C10H21N3O2. The first-order valence-electron chi connectivity index (χ1n) is 5.32. The van der Waals surface area contributed by atoms with E-state index < -0.39 is 0 Å². The van der Waals surface area contributed by atoms with Gasteiger partial charge in [-0.2, -0.15) is 0 Å². The van der Waals surface area contributed by atoms with Gasteiger partial charge < -0.3 is 10.6 Å². The standard InChI is InChI=1S/C10H21N3O2/c1-4-11-9(14)6-7-13(3)8-10(15)12-5-2/h4-8H2,1-3H3,(H,11,14)(H,12,15). The summed E-state index contributed by atoms with van der Waals surface area (Å²) in [5, 5.41) is 5.42. The molecule has 0 atom stereocenters. The molecule has 2 N–H and O–H groups in total. The van der Waals surface area contributed by atoms with Gasteiger partial charge in [-0.25, -0.2) is 0 Å². The third-order valence-electron chi connectivity index (χ3n) is 1.88. The molecule has 0 spiro atoms. The molecule has 0 fully saturated rings. The normalized spacial score (nSPS) is 10.1. The van der Waals surface area contributed by atoms with Gasteiger partial charge in [-0.05, 0) is 20.9 Å². The van der Waals surface area contributed by atoms with Crippen LogP contribution in [0.25, 0.3) is 0 Å². The Bertz CT molecular complexity index is 207. The van der Waals surface area contributed by atoms with Gasteiger partial charge in [0.2, 0.25) is 11.8 Å². The fourth-order valence-corrected chi connectivity index (χ4v) is 1.16. The van der Waals surface area contributed by atoms with E-state index in [4.69, 9.17) is 0 Å². The summed E-state index contributed by atoms with van der Waals surface area (Å²) in [6.07, 6.45) is 0.434. The van der Waals surface area contributed by atoms with Gasteiger partial charge in [0.15, 0.2) is 0 Å². The molecule has 5 nitrogen and oxygen atoms in total. The van der Waals surface area contributed by atoms with Gasteiger partial charge in [-0.15, -0.1) is 0 Å². The molecule has 0 aromatic rings. The SMILES string of the molecule is CCNC(=O)CCN(C)CC(=O)NCC. The lowest BCUT2D eigenvalue weighted by Crippen LogP contribution is -2.36. The Balaban J connectivity index is 3.60. The van der Waals surface area contributed by atoms with Gasteiger partial charge in [-0.1, -0.05) is 0 Å². The minimum atomic E-state index is -0.00380. The van der Waals surface area contributed by atoms with Crippen molar-refractivity contribution in [2.24, 2.45) is 0 Å². The first-order valence-corrected chi connectivity index (χ1v) is 5.32. The molecule has 0 rings (SSSR count). The van der Waals surface area contributed by atoms with E-state index in [1.165, 1.54) is 0 Å². The number of carbonyl (C=O) groups is 2.